The van der Waals surface area contributed by atoms with Gasteiger partial charge >= 0.3 is 5.97 Å². The summed E-state index contributed by atoms with van der Waals surface area (Å²) >= 11 is 6.46. The molecule has 5 fully saturated rings. The molecule has 8 nitrogen and oxygen atoms in total. The van der Waals surface area contributed by atoms with Crippen LogP contribution in [-0.4, -0.2) is 41.6 Å². The largest absolute Gasteiger partial charge is 0.493 e. The maximum Gasteiger partial charge on any atom is 0.317 e. The fourth-order valence-electron chi connectivity index (χ4n) is 7.15. The molecule has 0 radical (unpaired) electrons. The first kappa shape index (κ1) is 28.7. The Labute approximate surface area is 264 Å². The zero-order valence-electron chi connectivity index (χ0n) is 22.3. The molecule has 2 aromatic carbocycles. The van der Waals surface area contributed by atoms with E-state index in [9.17, 15) is 19.2 Å². The fourth-order valence-corrected chi connectivity index (χ4v) is 8.89. The number of ether oxygens (including phenoxy) is 2. The maximum absolute atomic E-state index is 13.5. The number of hydrogen-bond donors (Lipinski definition) is 1. The predicted octanol–water partition coefficient (Wildman–Crippen LogP) is 6.86. The van der Waals surface area contributed by atoms with Gasteiger partial charge in [-0.3, -0.25) is 24.1 Å². The molecule has 3 amide bonds. The molecule has 0 spiro atoms. The average molecular weight is 751 g/mol. The second-order valence-electron chi connectivity index (χ2n) is 11.4. The van der Waals surface area contributed by atoms with Gasteiger partial charge in [-0.05, 0) is 155 Å². The quantitative estimate of drug-likeness (QED) is 0.143. The monoisotopic (exact) mass is 750 g/mol. The summed E-state index contributed by atoms with van der Waals surface area (Å²) in [6.45, 7) is -0.389. The number of thioether (sulfide) groups is 1. The lowest BCUT2D eigenvalue weighted by molar-refractivity contribution is -0.161. The third kappa shape index (κ3) is 5.81. The van der Waals surface area contributed by atoms with Crippen molar-refractivity contribution in [3.8, 4) is 11.5 Å². The Morgan fingerprint density at radius 2 is 1.73 bits per heavy atom. The molecule has 214 valence electrons. The zero-order valence-corrected chi connectivity index (χ0v) is 26.8. The van der Waals surface area contributed by atoms with Gasteiger partial charge in [-0.2, -0.15) is 0 Å². The maximum atomic E-state index is 13.5. The Bertz CT molecular complexity index is 1440. The van der Waals surface area contributed by atoms with Gasteiger partial charge in [0.1, 0.15) is 6.54 Å². The number of amides is 3. The van der Waals surface area contributed by atoms with Gasteiger partial charge in [0.15, 0.2) is 11.5 Å². The fraction of sp³-hybridized carbons (Fsp3) is 0.400. The summed E-state index contributed by atoms with van der Waals surface area (Å²) in [6, 6.07) is 10.6. The van der Waals surface area contributed by atoms with E-state index in [1.807, 2.05) is 12.1 Å². The molecule has 5 aliphatic rings. The van der Waals surface area contributed by atoms with Crippen molar-refractivity contribution < 1.29 is 28.7 Å². The van der Waals surface area contributed by atoms with Crippen LogP contribution in [0.25, 0.3) is 6.08 Å². The lowest BCUT2D eigenvalue weighted by Gasteiger charge is -2.55. The number of nitrogens with one attached hydrogen (secondary N) is 1. The molecule has 4 aliphatic carbocycles. The first-order valence-corrected chi connectivity index (χ1v) is 16.2. The van der Waals surface area contributed by atoms with E-state index in [4.69, 9.17) is 9.47 Å². The molecule has 7 rings (SSSR count). The van der Waals surface area contributed by atoms with Crippen LogP contribution in [0.1, 0.15) is 44.1 Å². The van der Waals surface area contributed by atoms with Gasteiger partial charge in [0.05, 0.1) is 21.9 Å². The van der Waals surface area contributed by atoms with Crippen molar-refractivity contribution in [1.29, 1.82) is 0 Å². The van der Waals surface area contributed by atoms with Crippen molar-refractivity contribution in [2.24, 2.45) is 23.2 Å². The number of carbonyl (C=O) groups excluding carboxylic acids is 4. The molecule has 4 saturated carbocycles. The summed E-state index contributed by atoms with van der Waals surface area (Å²) in [5.41, 5.74) is 0.748. The molecule has 1 N–H and O–H groups in total. The number of esters is 1. The summed E-state index contributed by atoms with van der Waals surface area (Å²) in [5, 5.41) is 2.18. The van der Waals surface area contributed by atoms with Crippen molar-refractivity contribution in [2.75, 3.05) is 19.0 Å². The molecule has 41 heavy (non-hydrogen) atoms. The van der Waals surface area contributed by atoms with Crippen molar-refractivity contribution in [2.45, 2.75) is 38.5 Å². The third-order valence-electron chi connectivity index (χ3n) is 8.52. The van der Waals surface area contributed by atoms with Gasteiger partial charge in [-0.1, -0.05) is 0 Å². The number of carbonyl (C=O) groups is 4. The molecule has 0 unspecified atom stereocenters. The third-order valence-corrected chi connectivity index (χ3v) is 10.7. The highest BCUT2D eigenvalue weighted by Crippen LogP contribution is 2.60. The van der Waals surface area contributed by atoms with Crippen molar-refractivity contribution in [3.63, 3.8) is 0 Å². The number of nitrogens with zero attached hydrogens (tertiary/aromatic N) is 1. The Hall–Kier alpha value is -2.38. The number of methoxy groups -OCH3 is 1. The molecular weight excluding hydrogens is 723 g/mol. The molecule has 11 heteroatoms. The normalized spacial score (nSPS) is 27.4. The minimum atomic E-state index is -0.551. The van der Waals surface area contributed by atoms with Crippen molar-refractivity contribution >= 4 is 85.1 Å². The van der Waals surface area contributed by atoms with E-state index in [0.29, 0.717) is 45.0 Å². The van der Waals surface area contributed by atoms with Crippen molar-refractivity contribution in [1.82, 2.24) is 4.90 Å². The van der Waals surface area contributed by atoms with E-state index in [-0.39, 0.29) is 17.4 Å². The summed E-state index contributed by atoms with van der Waals surface area (Å²) in [5.74, 6) is 1.30. The number of rotatable bonds is 7. The highest BCUT2D eigenvalue weighted by molar-refractivity contribution is 14.1. The highest BCUT2D eigenvalue weighted by atomic mass is 127. The van der Waals surface area contributed by atoms with Crippen LogP contribution in [0.2, 0.25) is 0 Å². The Kier molecular flexibility index (Phi) is 7.96. The van der Waals surface area contributed by atoms with Crippen LogP contribution in [0.15, 0.2) is 45.8 Å². The van der Waals surface area contributed by atoms with Gasteiger partial charge in [0.2, 0.25) is 5.91 Å². The SMILES string of the molecule is COc1cc(/C=C2\SC(=O)N(CC(=O)Nc3ccc(I)cc3)C2=O)cc(Br)c1OC(=O)C12CC3CC(CC(C3)C1)C2. The van der Waals surface area contributed by atoms with Crippen molar-refractivity contribution in [3.05, 3.63) is 54.9 Å². The molecule has 2 aromatic rings. The second kappa shape index (κ2) is 11.4. The molecule has 0 aromatic heterocycles. The number of halogens is 2. The first-order chi connectivity index (χ1) is 19.6. The summed E-state index contributed by atoms with van der Waals surface area (Å²) in [7, 11) is 1.49. The van der Waals surface area contributed by atoms with Gasteiger partial charge < -0.3 is 14.8 Å². The van der Waals surface area contributed by atoms with Gasteiger partial charge in [0.25, 0.3) is 11.1 Å². The molecule has 1 aliphatic heterocycles. The Morgan fingerprint density at radius 1 is 1.10 bits per heavy atom. The average Bonchev–Trinajstić information content (AvgIpc) is 3.17. The number of benzene rings is 2. The molecule has 4 bridgehead atoms. The smallest absolute Gasteiger partial charge is 0.317 e. The minimum Gasteiger partial charge on any atom is -0.493 e. The van der Waals surface area contributed by atoms with E-state index in [1.165, 1.54) is 26.4 Å². The lowest BCUT2D eigenvalue weighted by Crippen LogP contribution is -2.51. The Balaban J connectivity index is 1.16. The molecule has 1 heterocycles. The van der Waals surface area contributed by atoms with Crippen LogP contribution in [-0.2, 0) is 14.4 Å². The van der Waals surface area contributed by atoms with Crippen LogP contribution in [0.5, 0.6) is 11.5 Å². The Morgan fingerprint density at radius 3 is 2.34 bits per heavy atom. The number of hydrogen-bond acceptors (Lipinski definition) is 7. The van der Waals surface area contributed by atoms with Crippen LogP contribution in [0.3, 0.4) is 0 Å². The highest BCUT2D eigenvalue weighted by Gasteiger charge is 2.55. The first-order valence-electron chi connectivity index (χ1n) is 13.5. The van der Waals surface area contributed by atoms with Gasteiger partial charge in [-0.15, -0.1) is 0 Å². The summed E-state index contributed by atoms with van der Waals surface area (Å²) < 4.78 is 13.1. The van der Waals surface area contributed by atoms with Gasteiger partial charge in [0, 0.05) is 9.26 Å². The summed E-state index contributed by atoms with van der Waals surface area (Å²) in [6.07, 6.45) is 7.96. The van der Waals surface area contributed by atoms with E-state index in [2.05, 4.69) is 43.8 Å². The minimum absolute atomic E-state index is 0.185. The number of imide groups is 1. The molecule has 1 saturated heterocycles. The van der Waals surface area contributed by atoms with E-state index in [1.54, 1.807) is 30.3 Å². The molecular formula is C30H28BrIN2O6S. The standard InChI is InChI=1S/C30H28BrIN2O6S/c1-39-23-10-16(9-22(31)26(23)40-28(37)30-12-17-6-18(13-30)8-19(7-17)14-30)11-24-27(36)34(29(38)41-24)15-25(35)33-21-4-2-20(32)3-5-21/h2-5,9-11,17-19H,6-8,12-15H2,1H3,(H,33,35)/b24-11-. The zero-order chi connectivity index (χ0) is 28.9. The van der Waals surface area contributed by atoms with Crippen LogP contribution >= 0.6 is 50.3 Å². The lowest BCUT2D eigenvalue weighted by atomic mass is 9.49. The predicted molar refractivity (Wildman–Crippen MR) is 167 cm³/mol. The van der Waals surface area contributed by atoms with E-state index in [0.717, 1.165) is 39.5 Å². The van der Waals surface area contributed by atoms with Crippen LogP contribution < -0.4 is 14.8 Å². The van der Waals surface area contributed by atoms with Gasteiger partial charge in [-0.25, -0.2) is 0 Å². The topological polar surface area (TPSA) is 102 Å². The summed E-state index contributed by atoms with van der Waals surface area (Å²) in [4.78, 5) is 52.8. The van der Waals surface area contributed by atoms with Crippen LogP contribution in [0.4, 0.5) is 10.5 Å². The number of anilines is 1. The van der Waals surface area contributed by atoms with E-state index >= 15 is 0 Å². The van der Waals surface area contributed by atoms with E-state index < -0.39 is 22.5 Å². The molecule has 0 atom stereocenters. The second-order valence-corrected chi connectivity index (χ2v) is 14.5. The van der Waals surface area contributed by atoms with Crippen LogP contribution in [0, 0.1) is 26.7 Å².